The molecular formula is C23H34ClN3O2. The minimum absolute atomic E-state index is 0. The molecule has 4 rings (SSSR count). The molecule has 1 aromatic carbocycles. The number of amides is 2. The van der Waals surface area contributed by atoms with Crippen LogP contribution in [-0.2, 0) is 4.79 Å². The van der Waals surface area contributed by atoms with Gasteiger partial charge in [-0.05, 0) is 69.7 Å². The number of carbonyl (C=O) groups is 2. The number of carbonyl (C=O) groups excluding carboxylic acids is 2. The topological polar surface area (TPSA) is 52.7 Å². The van der Waals surface area contributed by atoms with Crippen LogP contribution in [0.1, 0.15) is 55.3 Å². The lowest BCUT2D eigenvalue weighted by Crippen LogP contribution is -2.53. The zero-order valence-corrected chi connectivity index (χ0v) is 18.2. The molecule has 1 N–H and O–H groups in total. The number of nitrogens with zero attached hydrogens (tertiary/aromatic N) is 2. The molecule has 4 unspecified atom stereocenters. The molecule has 3 aliphatic rings. The normalized spacial score (nSPS) is 29.1. The lowest BCUT2D eigenvalue weighted by Gasteiger charge is -2.38. The molecule has 29 heavy (non-hydrogen) atoms. The quantitative estimate of drug-likeness (QED) is 0.814. The maximum Gasteiger partial charge on any atom is 0.254 e. The number of hydrogen-bond donors (Lipinski definition) is 1. The van der Waals surface area contributed by atoms with Gasteiger partial charge in [0.15, 0.2) is 0 Å². The fraction of sp³-hybridized carbons (Fsp3) is 0.652. The van der Waals surface area contributed by atoms with E-state index in [1.807, 2.05) is 47.2 Å². The van der Waals surface area contributed by atoms with Crippen LogP contribution in [-0.4, -0.2) is 60.4 Å². The van der Waals surface area contributed by atoms with Gasteiger partial charge in [-0.2, -0.15) is 0 Å². The Morgan fingerprint density at radius 1 is 1.07 bits per heavy atom. The van der Waals surface area contributed by atoms with E-state index >= 15 is 0 Å². The van der Waals surface area contributed by atoms with Crippen LogP contribution in [0.2, 0.25) is 0 Å². The summed E-state index contributed by atoms with van der Waals surface area (Å²) in [7, 11) is 1.97. The third kappa shape index (κ3) is 4.61. The minimum atomic E-state index is -0.283. The van der Waals surface area contributed by atoms with Crippen LogP contribution in [0.3, 0.4) is 0 Å². The van der Waals surface area contributed by atoms with Gasteiger partial charge in [-0.1, -0.05) is 31.0 Å². The Labute approximate surface area is 180 Å². The van der Waals surface area contributed by atoms with E-state index in [0.717, 1.165) is 51.7 Å². The smallest absolute Gasteiger partial charge is 0.254 e. The highest BCUT2D eigenvalue weighted by Gasteiger charge is 2.48. The van der Waals surface area contributed by atoms with E-state index in [0.29, 0.717) is 17.4 Å². The lowest BCUT2D eigenvalue weighted by atomic mass is 9.84. The highest BCUT2D eigenvalue weighted by atomic mass is 35.5. The summed E-state index contributed by atoms with van der Waals surface area (Å²) < 4.78 is 0. The van der Waals surface area contributed by atoms with Gasteiger partial charge in [0.05, 0.1) is 0 Å². The van der Waals surface area contributed by atoms with E-state index in [1.54, 1.807) is 0 Å². The maximum absolute atomic E-state index is 13.6. The fourth-order valence-corrected chi connectivity index (χ4v) is 5.63. The molecule has 2 heterocycles. The second-order valence-corrected chi connectivity index (χ2v) is 8.79. The standard InChI is InChI=1S/C23H33N3O2.ClH/c1-24-15-17-8-7-13-25(16-17)23(28)21-14-19-11-5-6-12-20(19)26(21)22(27)18-9-3-2-4-10-18;/h2-4,9-10,17,19-21,24H,5-8,11-16H2,1H3;1H. The van der Waals surface area contributed by atoms with E-state index < -0.39 is 0 Å². The van der Waals surface area contributed by atoms with E-state index in [9.17, 15) is 9.59 Å². The van der Waals surface area contributed by atoms with Crippen molar-refractivity contribution < 1.29 is 9.59 Å². The van der Waals surface area contributed by atoms with Gasteiger partial charge >= 0.3 is 0 Å². The van der Waals surface area contributed by atoms with Crippen LogP contribution in [0, 0.1) is 11.8 Å². The Balaban J connectivity index is 0.00000240. The number of nitrogens with one attached hydrogen (secondary N) is 1. The third-order valence-electron chi connectivity index (χ3n) is 6.95. The van der Waals surface area contributed by atoms with Crippen LogP contribution < -0.4 is 5.32 Å². The molecule has 2 aliphatic heterocycles. The van der Waals surface area contributed by atoms with Crippen LogP contribution >= 0.6 is 12.4 Å². The number of piperidine rings is 1. The SMILES string of the molecule is CNCC1CCCN(C(=O)C2CC3CCCCC3N2C(=O)c2ccccc2)C1.Cl. The van der Waals surface area contributed by atoms with Crippen molar-refractivity contribution in [1.29, 1.82) is 0 Å². The summed E-state index contributed by atoms with van der Waals surface area (Å²) in [5, 5.41) is 3.25. The molecule has 1 aromatic rings. The van der Waals surface area contributed by atoms with E-state index in [-0.39, 0.29) is 36.3 Å². The second-order valence-electron chi connectivity index (χ2n) is 8.79. The van der Waals surface area contributed by atoms with Gasteiger partial charge in [0.25, 0.3) is 5.91 Å². The van der Waals surface area contributed by atoms with Gasteiger partial charge in [-0.25, -0.2) is 0 Å². The molecule has 1 saturated carbocycles. The number of hydrogen-bond acceptors (Lipinski definition) is 3. The van der Waals surface area contributed by atoms with Gasteiger partial charge in [-0.15, -0.1) is 12.4 Å². The van der Waals surface area contributed by atoms with Crippen molar-refractivity contribution in [2.45, 2.75) is 57.0 Å². The van der Waals surface area contributed by atoms with Crippen molar-refractivity contribution >= 4 is 24.2 Å². The second kappa shape index (κ2) is 9.94. The van der Waals surface area contributed by atoms with Gasteiger partial charge in [0.2, 0.25) is 5.91 Å². The molecule has 160 valence electrons. The molecular weight excluding hydrogens is 386 g/mol. The largest absolute Gasteiger partial charge is 0.341 e. The van der Waals surface area contributed by atoms with E-state index in [2.05, 4.69) is 5.32 Å². The average molecular weight is 420 g/mol. The van der Waals surface area contributed by atoms with Gasteiger partial charge < -0.3 is 15.1 Å². The molecule has 3 fully saturated rings. The molecule has 0 aromatic heterocycles. The highest BCUT2D eigenvalue weighted by molar-refractivity contribution is 5.98. The zero-order valence-electron chi connectivity index (χ0n) is 17.4. The predicted molar refractivity (Wildman–Crippen MR) is 117 cm³/mol. The number of likely N-dealkylation sites (tertiary alicyclic amines) is 2. The average Bonchev–Trinajstić information content (AvgIpc) is 3.13. The highest BCUT2D eigenvalue weighted by Crippen LogP contribution is 2.41. The molecule has 1 aliphatic carbocycles. The summed E-state index contributed by atoms with van der Waals surface area (Å²) in [6, 6.07) is 9.45. The molecule has 5 nitrogen and oxygen atoms in total. The first-order valence-corrected chi connectivity index (χ1v) is 11.0. The number of rotatable bonds is 4. The summed E-state index contributed by atoms with van der Waals surface area (Å²) >= 11 is 0. The van der Waals surface area contributed by atoms with Crippen molar-refractivity contribution in [3.05, 3.63) is 35.9 Å². The summed E-state index contributed by atoms with van der Waals surface area (Å²) in [5.41, 5.74) is 0.707. The van der Waals surface area contributed by atoms with Crippen LogP contribution in [0.5, 0.6) is 0 Å². The first-order chi connectivity index (χ1) is 13.7. The molecule has 0 bridgehead atoms. The molecule has 0 radical (unpaired) electrons. The van der Waals surface area contributed by atoms with Crippen LogP contribution in [0.15, 0.2) is 30.3 Å². The maximum atomic E-state index is 13.6. The van der Waals surface area contributed by atoms with E-state index in [4.69, 9.17) is 0 Å². The van der Waals surface area contributed by atoms with Crippen molar-refractivity contribution in [3.63, 3.8) is 0 Å². The third-order valence-corrected chi connectivity index (χ3v) is 6.95. The molecule has 2 saturated heterocycles. The lowest BCUT2D eigenvalue weighted by molar-refractivity contribution is -0.137. The minimum Gasteiger partial charge on any atom is -0.341 e. The Bertz CT molecular complexity index is 697. The van der Waals surface area contributed by atoms with Gasteiger partial charge in [0, 0.05) is 24.7 Å². The number of fused-ring (bicyclic) bond motifs is 1. The van der Waals surface area contributed by atoms with Crippen LogP contribution in [0.25, 0.3) is 0 Å². The first kappa shape index (κ1) is 22.1. The van der Waals surface area contributed by atoms with Crippen molar-refractivity contribution in [2.75, 3.05) is 26.7 Å². The monoisotopic (exact) mass is 419 g/mol. The molecule has 0 spiro atoms. The Morgan fingerprint density at radius 2 is 1.83 bits per heavy atom. The van der Waals surface area contributed by atoms with Crippen molar-refractivity contribution in [1.82, 2.24) is 15.1 Å². The molecule has 4 atom stereocenters. The summed E-state index contributed by atoms with van der Waals surface area (Å²) in [6.07, 6.45) is 7.65. The summed E-state index contributed by atoms with van der Waals surface area (Å²) in [4.78, 5) is 31.0. The van der Waals surface area contributed by atoms with Crippen molar-refractivity contribution in [2.24, 2.45) is 11.8 Å². The van der Waals surface area contributed by atoms with Crippen LogP contribution in [0.4, 0.5) is 0 Å². The fourth-order valence-electron chi connectivity index (χ4n) is 5.63. The Morgan fingerprint density at radius 3 is 2.59 bits per heavy atom. The number of halogens is 1. The number of benzene rings is 1. The summed E-state index contributed by atoms with van der Waals surface area (Å²) in [6.45, 7) is 2.60. The zero-order chi connectivity index (χ0) is 19.5. The first-order valence-electron chi connectivity index (χ1n) is 11.0. The molecule has 2 amide bonds. The Hall–Kier alpha value is -1.59. The summed E-state index contributed by atoms with van der Waals surface area (Å²) in [5.74, 6) is 1.22. The van der Waals surface area contributed by atoms with Crippen molar-refractivity contribution in [3.8, 4) is 0 Å². The molecule has 6 heteroatoms. The van der Waals surface area contributed by atoms with Gasteiger partial charge in [0.1, 0.15) is 6.04 Å². The van der Waals surface area contributed by atoms with Gasteiger partial charge in [-0.3, -0.25) is 9.59 Å². The van der Waals surface area contributed by atoms with E-state index in [1.165, 1.54) is 12.8 Å². The predicted octanol–water partition coefficient (Wildman–Crippen LogP) is 3.34. The Kier molecular flexibility index (Phi) is 7.58.